The lowest BCUT2D eigenvalue weighted by atomic mass is 9.65. The third kappa shape index (κ3) is 1.76. The fourth-order valence-corrected chi connectivity index (χ4v) is 5.31. The number of aliphatic hydroxyl groups excluding tert-OH is 1. The first-order chi connectivity index (χ1) is 9.58. The molecule has 4 fully saturated rings. The van der Waals surface area contributed by atoms with Crippen molar-refractivity contribution in [3.8, 4) is 0 Å². The van der Waals surface area contributed by atoms with Gasteiger partial charge in [0.05, 0.1) is 18.2 Å². The summed E-state index contributed by atoms with van der Waals surface area (Å²) >= 11 is 0. The Balaban J connectivity index is 1.72. The molecule has 0 aliphatic carbocycles. The molecule has 5 nitrogen and oxygen atoms in total. The summed E-state index contributed by atoms with van der Waals surface area (Å²) in [5.74, 6) is 0.437. The highest BCUT2D eigenvalue weighted by Gasteiger charge is 2.58. The zero-order valence-corrected chi connectivity index (χ0v) is 11.9. The number of aliphatic hydroxyl groups is 2. The maximum absolute atomic E-state index is 12.2. The molecule has 0 aromatic heterocycles. The third-order valence-electron chi connectivity index (χ3n) is 5.94. The van der Waals surface area contributed by atoms with Gasteiger partial charge in [-0.25, -0.2) is 0 Å². The van der Waals surface area contributed by atoms with Crippen LogP contribution in [-0.2, 0) is 4.79 Å². The molecule has 4 heterocycles. The van der Waals surface area contributed by atoms with Gasteiger partial charge in [0.25, 0.3) is 0 Å². The van der Waals surface area contributed by atoms with E-state index in [1.165, 1.54) is 0 Å². The van der Waals surface area contributed by atoms with Crippen molar-refractivity contribution in [3.63, 3.8) is 0 Å². The molecular weight excluding hydrogens is 256 g/mol. The molecular formula is C15H24N2O3. The minimum atomic E-state index is -0.757. The van der Waals surface area contributed by atoms with Crippen LogP contribution < -0.4 is 0 Å². The van der Waals surface area contributed by atoms with Crippen LogP contribution in [0.1, 0.15) is 38.5 Å². The number of hydrogen-bond acceptors (Lipinski definition) is 4. The van der Waals surface area contributed by atoms with Gasteiger partial charge >= 0.3 is 0 Å². The van der Waals surface area contributed by atoms with E-state index in [1.807, 2.05) is 4.90 Å². The molecule has 5 atom stereocenters. The molecule has 4 rings (SSSR count). The number of carbonyl (C=O) groups is 1. The van der Waals surface area contributed by atoms with Gasteiger partial charge in [-0.3, -0.25) is 9.69 Å². The van der Waals surface area contributed by atoms with Crippen molar-refractivity contribution < 1.29 is 15.0 Å². The van der Waals surface area contributed by atoms with Crippen molar-refractivity contribution in [1.82, 2.24) is 9.80 Å². The smallest absolute Gasteiger partial charge is 0.222 e. The van der Waals surface area contributed by atoms with Crippen molar-refractivity contribution in [2.45, 2.75) is 62.3 Å². The van der Waals surface area contributed by atoms with Gasteiger partial charge in [0.2, 0.25) is 5.91 Å². The topological polar surface area (TPSA) is 64.0 Å². The van der Waals surface area contributed by atoms with Gasteiger partial charge in [-0.15, -0.1) is 0 Å². The third-order valence-corrected chi connectivity index (χ3v) is 5.94. The van der Waals surface area contributed by atoms with Gasteiger partial charge in [-0.2, -0.15) is 0 Å². The predicted octanol–water partition coefficient (Wildman–Crippen LogP) is -0.0426. The SMILES string of the molecule is O=C1CCC[C@@H]2[C@H]3C[C@H](O)CN4CCC[C@@](O)(CN12)[C@@H]34. The summed E-state index contributed by atoms with van der Waals surface area (Å²) in [6.45, 7) is 2.16. The number of amides is 1. The summed E-state index contributed by atoms with van der Waals surface area (Å²) in [5.41, 5.74) is -0.757. The van der Waals surface area contributed by atoms with E-state index in [0.29, 0.717) is 19.5 Å². The largest absolute Gasteiger partial charge is 0.392 e. The van der Waals surface area contributed by atoms with E-state index in [1.54, 1.807) is 0 Å². The molecule has 0 unspecified atom stereocenters. The number of carbonyl (C=O) groups excluding carboxylic acids is 1. The number of rotatable bonds is 0. The average molecular weight is 280 g/mol. The molecule has 2 N–H and O–H groups in total. The quantitative estimate of drug-likeness (QED) is 0.653. The molecule has 0 aromatic rings. The van der Waals surface area contributed by atoms with E-state index in [4.69, 9.17) is 0 Å². The van der Waals surface area contributed by atoms with Crippen LogP contribution in [0.3, 0.4) is 0 Å². The van der Waals surface area contributed by atoms with Crippen molar-refractivity contribution in [2.75, 3.05) is 19.6 Å². The maximum atomic E-state index is 12.2. The first-order valence-corrected chi connectivity index (χ1v) is 8.02. The molecule has 4 saturated heterocycles. The number of hydrogen-bond donors (Lipinski definition) is 2. The molecule has 0 radical (unpaired) electrons. The van der Waals surface area contributed by atoms with Crippen LogP contribution in [0, 0.1) is 5.92 Å². The molecule has 4 aliphatic heterocycles. The monoisotopic (exact) mass is 280 g/mol. The Labute approximate surface area is 119 Å². The van der Waals surface area contributed by atoms with Gasteiger partial charge in [0.15, 0.2) is 0 Å². The van der Waals surface area contributed by atoms with E-state index in [2.05, 4.69) is 4.90 Å². The summed E-state index contributed by atoms with van der Waals surface area (Å²) in [7, 11) is 0. The minimum absolute atomic E-state index is 0.145. The lowest BCUT2D eigenvalue weighted by Gasteiger charge is -2.62. The summed E-state index contributed by atoms with van der Waals surface area (Å²) in [6.07, 6.45) is 4.78. The molecule has 1 amide bonds. The summed E-state index contributed by atoms with van der Waals surface area (Å²) < 4.78 is 0. The molecule has 20 heavy (non-hydrogen) atoms. The Morgan fingerprint density at radius 2 is 2.15 bits per heavy atom. The lowest BCUT2D eigenvalue weighted by molar-refractivity contribution is -0.200. The molecule has 4 aliphatic rings. The van der Waals surface area contributed by atoms with Gasteiger partial charge < -0.3 is 15.1 Å². The van der Waals surface area contributed by atoms with E-state index >= 15 is 0 Å². The highest BCUT2D eigenvalue weighted by atomic mass is 16.3. The van der Waals surface area contributed by atoms with Crippen LogP contribution in [0.25, 0.3) is 0 Å². The molecule has 0 aromatic carbocycles. The Bertz CT molecular complexity index is 429. The predicted molar refractivity (Wildman–Crippen MR) is 73.0 cm³/mol. The first-order valence-electron chi connectivity index (χ1n) is 8.02. The van der Waals surface area contributed by atoms with Gasteiger partial charge in [0, 0.05) is 31.0 Å². The number of nitrogens with zero attached hydrogens (tertiary/aromatic N) is 2. The summed E-state index contributed by atoms with van der Waals surface area (Å²) in [4.78, 5) is 16.5. The maximum Gasteiger partial charge on any atom is 0.222 e. The second-order valence-electron chi connectivity index (χ2n) is 7.18. The average Bonchev–Trinajstić information content (AvgIpc) is 2.39. The van der Waals surface area contributed by atoms with Crippen LogP contribution in [0.4, 0.5) is 0 Å². The van der Waals surface area contributed by atoms with Gasteiger partial charge in [-0.05, 0) is 38.6 Å². The normalized spacial score (nSPS) is 48.7. The van der Waals surface area contributed by atoms with Crippen molar-refractivity contribution in [3.05, 3.63) is 0 Å². The molecule has 5 heteroatoms. The van der Waals surface area contributed by atoms with Crippen molar-refractivity contribution in [1.29, 1.82) is 0 Å². The number of fused-ring (bicyclic) bond motifs is 2. The Kier molecular flexibility index (Phi) is 2.88. The van der Waals surface area contributed by atoms with Crippen LogP contribution in [-0.4, -0.2) is 69.3 Å². The molecule has 0 bridgehead atoms. The minimum Gasteiger partial charge on any atom is -0.392 e. The Morgan fingerprint density at radius 3 is 3.00 bits per heavy atom. The standard InChI is InChI=1S/C15H24N2O3/c18-10-7-11-12-3-1-4-13(19)17(12)9-15(20)5-2-6-16(8-10)14(11)15/h10-12,14,18,20H,1-9H2/t10-,11+,12+,14+,15+/m0/s1. The van der Waals surface area contributed by atoms with Gasteiger partial charge in [0.1, 0.15) is 0 Å². The highest BCUT2D eigenvalue weighted by molar-refractivity contribution is 5.77. The van der Waals surface area contributed by atoms with E-state index in [9.17, 15) is 15.0 Å². The van der Waals surface area contributed by atoms with Crippen LogP contribution >= 0.6 is 0 Å². The van der Waals surface area contributed by atoms with Crippen LogP contribution in [0.2, 0.25) is 0 Å². The Hall–Kier alpha value is -0.650. The molecule has 0 saturated carbocycles. The number of piperidine rings is 4. The summed E-state index contributed by atoms with van der Waals surface area (Å²) in [5, 5.41) is 21.3. The van der Waals surface area contributed by atoms with Crippen molar-refractivity contribution in [2.24, 2.45) is 5.92 Å². The Morgan fingerprint density at radius 1 is 1.30 bits per heavy atom. The van der Waals surface area contributed by atoms with E-state index in [-0.39, 0.29) is 30.0 Å². The fourth-order valence-electron chi connectivity index (χ4n) is 5.31. The first kappa shape index (κ1) is 13.0. The molecule has 0 spiro atoms. The van der Waals surface area contributed by atoms with Crippen LogP contribution in [0.5, 0.6) is 0 Å². The van der Waals surface area contributed by atoms with E-state index < -0.39 is 5.60 Å². The molecule has 112 valence electrons. The zero-order valence-electron chi connectivity index (χ0n) is 11.9. The second-order valence-corrected chi connectivity index (χ2v) is 7.18. The highest BCUT2D eigenvalue weighted by Crippen LogP contribution is 2.46. The summed E-state index contributed by atoms with van der Waals surface area (Å²) in [6, 6.07) is 0.379. The van der Waals surface area contributed by atoms with Gasteiger partial charge in [-0.1, -0.05) is 0 Å². The fraction of sp³-hybridized carbons (Fsp3) is 0.933. The van der Waals surface area contributed by atoms with E-state index in [0.717, 1.165) is 38.6 Å². The second kappa shape index (κ2) is 4.42. The zero-order chi connectivity index (χ0) is 13.9. The van der Waals surface area contributed by atoms with Crippen LogP contribution in [0.15, 0.2) is 0 Å². The van der Waals surface area contributed by atoms with Crippen molar-refractivity contribution >= 4 is 5.91 Å². The lowest BCUT2D eigenvalue weighted by Crippen LogP contribution is -2.75.